The molecule has 7 rings (SSSR count). The van der Waals surface area contributed by atoms with Crippen molar-refractivity contribution in [2.24, 2.45) is 5.41 Å². The van der Waals surface area contributed by atoms with Crippen LogP contribution in [0, 0.1) is 11.2 Å². The molecule has 0 radical (unpaired) electrons. The molecule has 4 aliphatic rings. The van der Waals surface area contributed by atoms with Gasteiger partial charge >= 0.3 is 6.09 Å². The SMILES string of the molecule is CCN(C(=O)c1cc(F)ccc1Oc1cncnc1N1CC2(CC(Oc3ccnc4c3CN(CCCN3CC(NC(=O)OC(C)(C)C)C3)CC4)C2)C1)C(C)C. The van der Waals surface area contributed by atoms with Crippen molar-refractivity contribution in [1.29, 1.82) is 0 Å². The first-order valence-electron chi connectivity index (χ1n) is 19.7. The van der Waals surface area contributed by atoms with Gasteiger partial charge in [0.25, 0.3) is 5.91 Å². The summed E-state index contributed by atoms with van der Waals surface area (Å²) >= 11 is 0. The van der Waals surface area contributed by atoms with E-state index in [4.69, 9.17) is 19.2 Å². The Morgan fingerprint density at radius 3 is 2.55 bits per heavy atom. The highest BCUT2D eigenvalue weighted by Gasteiger charge is 2.54. The lowest BCUT2D eigenvalue weighted by Gasteiger charge is -2.59. The summed E-state index contributed by atoms with van der Waals surface area (Å²) in [6, 6.07) is 6.14. The molecule has 0 bridgehead atoms. The minimum absolute atomic E-state index is 0.0472. The summed E-state index contributed by atoms with van der Waals surface area (Å²) < 4.78 is 32.6. The van der Waals surface area contributed by atoms with E-state index in [1.165, 1.54) is 30.1 Å². The molecule has 0 atom stereocenters. The van der Waals surface area contributed by atoms with E-state index in [0.717, 1.165) is 89.5 Å². The van der Waals surface area contributed by atoms with Gasteiger partial charge in [-0.25, -0.2) is 19.2 Å². The zero-order valence-corrected chi connectivity index (χ0v) is 33.0. The first kappa shape index (κ1) is 38.7. The number of hydrogen-bond donors (Lipinski definition) is 1. The van der Waals surface area contributed by atoms with E-state index in [-0.39, 0.29) is 46.9 Å². The van der Waals surface area contributed by atoms with Crippen LogP contribution in [0.3, 0.4) is 0 Å². The number of carbonyl (C=O) groups is 2. The van der Waals surface area contributed by atoms with Crippen LogP contribution in [0.5, 0.6) is 17.2 Å². The standard InChI is InChI=1S/C41H55FN8O5/c1-7-50(27(2)3)38(51)31-17-28(42)9-10-34(31)54-36-20-43-26-45-37(36)49-24-41(25-49)18-30(19-41)53-35-11-13-44-33-12-16-47(23-32(33)35)14-8-15-48-21-29(22-48)46-39(52)55-40(4,5)6/h9-11,13,17,20,26-27,29-30H,7-8,12,14-16,18-19,21-25H2,1-6H3,(H,46,52). The van der Waals surface area contributed by atoms with E-state index in [9.17, 15) is 14.0 Å². The molecule has 3 aliphatic heterocycles. The van der Waals surface area contributed by atoms with Crippen molar-refractivity contribution in [3.8, 4) is 17.2 Å². The fourth-order valence-electron chi connectivity index (χ4n) is 8.34. The molecule has 2 aromatic heterocycles. The molecule has 2 amide bonds. The number of benzene rings is 1. The van der Waals surface area contributed by atoms with Crippen LogP contribution in [0.1, 0.15) is 82.4 Å². The third-order valence-electron chi connectivity index (χ3n) is 11.0. The van der Waals surface area contributed by atoms with Crippen molar-refractivity contribution >= 4 is 17.8 Å². The van der Waals surface area contributed by atoms with Crippen LogP contribution in [0.25, 0.3) is 0 Å². The van der Waals surface area contributed by atoms with Gasteiger partial charge in [0.1, 0.15) is 35.3 Å². The molecule has 1 spiro atoms. The maximum atomic E-state index is 14.3. The van der Waals surface area contributed by atoms with Gasteiger partial charge in [-0.15, -0.1) is 0 Å². The topological polar surface area (TPSA) is 125 Å². The highest BCUT2D eigenvalue weighted by atomic mass is 19.1. The van der Waals surface area contributed by atoms with Gasteiger partial charge in [0.15, 0.2) is 11.6 Å². The molecule has 2 saturated heterocycles. The molecule has 296 valence electrons. The average molecular weight is 759 g/mol. The zero-order chi connectivity index (χ0) is 38.9. The lowest BCUT2D eigenvalue weighted by atomic mass is 9.61. The van der Waals surface area contributed by atoms with Crippen LogP contribution in [0.4, 0.5) is 15.0 Å². The van der Waals surface area contributed by atoms with E-state index < -0.39 is 11.4 Å². The Morgan fingerprint density at radius 1 is 1.05 bits per heavy atom. The number of pyridine rings is 1. The van der Waals surface area contributed by atoms with Gasteiger partial charge in [0, 0.05) is 81.1 Å². The van der Waals surface area contributed by atoms with Gasteiger partial charge in [0.05, 0.1) is 17.8 Å². The minimum atomic E-state index is -0.500. The molecule has 1 saturated carbocycles. The van der Waals surface area contributed by atoms with Crippen molar-refractivity contribution in [2.45, 2.75) is 97.6 Å². The number of rotatable bonds is 13. The van der Waals surface area contributed by atoms with E-state index in [2.05, 4.69) is 30.0 Å². The number of nitrogens with zero attached hydrogens (tertiary/aromatic N) is 7. The zero-order valence-electron chi connectivity index (χ0n) is 33.0. The average Bonchev–Trinajstić information content (AvgIpc) is 3.08. The summed E-state index contributed by atoms with van der Waals surface area (Å²) in [5.41, 5.74) is 2.15. The predicted molar refractivity (Wildman–Crippen MR) is 206 cm³/mol. The summed E-state index contributed by atoms with van der Waals surface area (Å²) in [6.45, 7) is 19.0. The van der Waals surface area contributed by atoms with Crippen LogP contribution in [0.2, 0.25) is 0 Å². The van der Waals surface area contributed by atoms with Gasteiger partial charge in [-0.05, 0) is 98.2 Å². The summed E-state index contributed by atoms with van der Waals surface area (Å²) in [4.78, 5) is 47.6. The Hall–Kier alpha value is -4.56. The Kier molecular flexibility index (Phi) is 11.2. The van der Waals surface area contributed by atoms with Gasteiger partial charge in [-0.2, -0.15) is 0 Å². The largest absolute Gasteiger partial charge is 0.490 e. The number of fused-ring (bicyclic) bond motifs is 1. The van der Waals surface area contributed by atoms with E-state index in [1.54, 1.807) is 11.1 Å². The normalized spacial score (nSPS) is 18.6. The first-order valence-corrected chi connectivity index (χ1v) is 19.7. The van der Waals surface area contributed by atoms with Crippen molar-refractivity contribution in [3.05, 3.63) is 65.6 Å². The lowest BCUT2D eigenvalue weighted by molar-refractivity contribution is -0.0353. The number of aromatic nitrogens is 3. The second kappa shape index (κ2) is 15.9. The van der Waals surface area contributed by atoms with Gasteiger partial charge in [-0.3, -0.25) is 19.6 Å². The number of alkyl carbamates (subject to hydrolysis) is 1. The summed E-state index contributed by atoms with van der Waals surface area (Å²) in [7, 11) is 0. The van der Waals surface area contributed by atoms with E-state index in [0.29, 0.717) is 18.1 Å². The Morgan fingerprint density at radius 2 is 1.82 bits per heavy atom. The summed E-state index contributed by atoms with van der Waals surface area (Å²) in [5, 5.41) is 2.96. The third-order valence-corrected chi connectivity index (χ3v) is 11.0. The molecule has 1 aromatic carbocycles. The fraction of sp³-hybridized carbons (Fsp3) is 0.585. The van der Waals surface area contributed by atoms with Crippen LogP contribution in [-0.4, -0.2) is 118 Å². The molecule has 3 fully saturated rings. The Balaban J connectivity index is 0.887. The molecular formula is C41H55FN8O5. The number of anilines is 1. The van der Waals surface area contributed by atoms with Gasteiger partial charge in [-0.1, -0.05) is 0 Å². The molecule has 1 N–H and O–H groups in total. The van der Waals surface area contributed by atoms with Gasteiger partial charge < -0.3 is 29.3 Å². The number of ether oxygens (including phenoxy) is 3. The lowest BCUT2D eigenvalue weighted by Crippen LogP contribution is -2.65. The van der Waals surface area contributed by atoms with Crippen LogP contribution in [0.15, 0.2) is 43.0 Å². The summed E-state index contributed by atoms with van der Waals surface area (Å²) in [6.07, 6.45) is 8.62. The number of halogens is 1. The van der Waals surface area contributed by atoms with Crippen LogP contribution >= 0.6 is 0 Å². The number of likely N-dealkylation sites (tertiary alicyclic amines) is 1. The van der Waals surface area contributed by atoms with Gasteiger partial charge in [0.2, 0.25) is 0 Å². The third kappa shape index (κ3) is 8.96. The maximum Gasteiger partial charge on any atom is 0.407 e. The Bertz CT molecular complexity index is 1850. The van der Waals surface area contributed by atoms with Crippen molar-refractivity contribution in [2.75, 3.05) is 57.3 Å². The van der Waals surface area contributed by atoms with Crippen molar-refractivity contribution in [1.82, 2.24) is 35.0 Å². The number of nitrogens with one attached hydrogen (secondary N) is 1. The van der Waals surface area contributed by atoms with Crippen molar-refractivity contribution in [3.63, 3.8) is 0 Å². The first-order chi connectivity index (χ1) is 26.3. The molecule has 3 aromatic rings. The summed E-state index contributed by atoms with van der Waals surface area (Å²) in [5.74, 6) is 1.50. The van der Waals surface area contributed by atoms with Crippen LogP contribution in [-0.2, 0) is 17.7 Å². The number of carbonyl (C=O) groups excluding carboxylic acids is 2. The smallest absolute Gasteiger partial charge is 0.407 e. The predicted octanol–water partition coefficient (Wildman–Crippen LogP) is 5.68. The second-order valence-corrected chi connectivity index (χ2v) is 16.9. The number of amides is 2. The molecule has 14 heteroatoms. The van der Waals surface area contributed by atoms with Crippen LogP contribution < -0.4 is 19.7 Å². The number of hydrogen-bond acceptors (Lipinski definition) is 11. The van der Waals surface area contributed by atoms with E-state index in [1.807, 2.05) is 53.8 Å². The highest BCUT2D eigenvalue weighted by molar-refractivity contribution is 5.97. The monoisotopic (exact) mass is 758 g/mol. The molecular weight excluding hydrogens is 704 g/mol. The molecule has 5 heterocycles. The maximum absolute atomic E-state index is 14.3. The molecule has 0 unspecified atom stereocenters. The quantitative estimate of drug-likeness (QED) is 0.232. The second-order valence-electron chi connectivity index (χ2n) is 16.9. The minimum Gasteiger partial charge on any atom is -0.490 e. The Labute approximate surface area is 323 Å². The van der Waals surface area contributed by atoms with E-state index >= 15 is 0 Å². The molecule has 13 nitrogen and oxygen atoms in total. The van der Waals surface area contributed by atoms with Crippen molar-refractivity contribution < 1.29 is 28.2 Å². The molecule has 1 aliphatic carbocycles. The highest BCUT2D eigenvalue weighted by Crippen LogP contribution is 2.52. The molecule has 55 heavy (non-hydrogen) atoms. The fourth-order valence-corrected chi connectivity index (χ4v) is 8.34.